The maximum absolute atomic E-state index is 10.4. The fourth-order valence-corrected chi connectivity index (χ4v) is 1.87. The molecule has 0 saturated carbocycles. The van der Waals surface area contributed by atoms with Crippen LogP contribution in [0.15, 0.2) is 0 Å². The van der Waals surface area contributed by atoms with Gasteiger partial charge in [0.25, 0.3) is 0 Å². The number of rotatable bonds is 9. The number of methoxy groups -OCH3 is 1. The smallest absolute Gasteiger partial charge is 0.303 e. The summed E-state index contributed by atoms with van der Waals surface area (Å²) in [6, 6.07) is 0. The van der Waals surface area contributed by atoms with Crippen LogP contribution in [0.2, 0.25) is 0 Å². The van der Waals surface area contributed by atoms with E-state index in [0.717, 1.165) is 32.7 Å². The van der Waals surface area contributed by atoms with Crippen molar-refractivity contribution in [3.8, 4) is 0 Å². The molecule has 0 aromatic carbocycles. The Labute approximate surface area is 96.3 Å². The first kappa shape index (κ1) is 13.4. The molecule has 0 unspecified atom stereocenters. The summed E-state index contributed by atoms with van der Waals surface area (Å²) in [4.78, 5) is 12.7. The second-order valence-corrected chi connectivity index (χ2v) is 4.18. The van der Waals surface area contributed by atoms with Crippen LogP contribution in [-0.2, 0) is 14.3 Å². The zero-order chi connectivity index (χ0) is 11.8. The molecule has 0 amide bonds. The number of carboxylic acid groups (broad SMARTS) is 1. The summed E-state index contributed by atoms with van der Waals surface area (Å²) in [5.41, 5.74) is 0. The molecule has 16 heavy (non-hydrogen) atoms. The van der Waals surface area contributed by atoms with Gasteiger partial charge in [0.1, 0.15) is 0 Å². The number of carboxylic acids is 1. The monoisotopic (exact) mass is 231 g/mol. The van der Waals surface area contributed by atoms with Gasteiger partial charge in [-0.25, -0.2) is 0 Å². The third-order valence-corrected chi connectivity index (χ3v) is 2.69. The third kappa shape index (κ3) is 5.44. The maximum Gasteiger partial charge on any atom is 0.303 e. The summed E-state index contributed by atoms with van der Waals surface area (Å²) in [6.45, 7) is 4.89. The van der Waals surface area contributed by atoms with Gasteiger partial charge in [0.15, 0.2) is 0 Å². The van der Waals surface area contributed by atoms with Crippen molar-refractivity contribution in [2.75, 3.05) is 46.6 Å². The normalized spacial score (nSPS) is 17.3. The fraction of sp³-hybridized carbons (Fsp3) is 0.909. The molecule has 0 spiro atoms. The molecular formula is C11H21NO4. The van der Waals surface area contributed by atoms with Gasteiger partial charge in [-0.3, -0.25) is 4.79 Å². The van der Waals surface area contributed by atoms with Crippen LogP contribution in [0.4, 0.5) is 0 Å². The third-order valence-electron chi connectivity index (χ3n) is 2.69. The summed E-state index contributed by atoms with van der Waals surface area (Å²) in [5, 5.41) is 8.58. The predicted molar refractivity (Wildman–Crippen MR) is 59.5 cm³/mol. The first-order valence-electron chi connectivity index (χ1n) is 5.73. The van der Waals surface area contributed by atoms with Crippen molar-refractivity contribution in [2.45, 2.75) is 12.8 Å². The first-order valence-corrected chi connectivity index (χ1v) is 5.73. The minimum atomic E-state index is -0.687. The van der Waals surface area contributed by atoms with Crippen molar-refractivity contribution in [3.63, 3.8) is 0 Å². The number of aliphatic carboxylic acids is 1. The lowest BCUT2D eigenvalue weighted by Gasteiger charge is -2.38. The van der Waals surface area contributed by atoms with Gasteiger partial charge in [0.05, 0.1) is 19.6 Å². The Morgan fingerprint density at radius 3 is 2.75 bits per heavy atom. The van der Waals surface area contributed by atoms with Gasteiger partial charge in [0.2, 0.25) is 0 Å². The van der Waals surface area contributed by atoms with Gasteiger partial charge in [-0.05, 0) is 12.3 Å². The van der Waals surface area contributed by atoms with Crippen LogP contribution in [0.5, 0.6) is 0 Å². The van der Waals surface area contributed by atoms with E-state index in [1.165, 1.54) is 0 Å². The Hall–Kier alpha value is -0.650. The molecule has 5 nitrogen and oxygen atoms in total. The molecule has 0 radical (unpaired) electrons. The Morgan fingerprint density at radius 1 is 1.38 bits per heavy atom. The maximum atomic E-state index is 10.4. The average Bonchev–Trinajstić information content (AvgIpc) is 2.18. The van der Waals surface area contributed by atoms with E-state index in [1.54, 1.807) is 7.11 Å². The van der Waals surface area contributed by atoms with Gasteiger partial charge >= 0.3 is 5.97 Å². The number of hydrogen-bond acceptors (Lipinski definition) is 4. The van der Waals surface area contributed by atoms with E-state index >= 15 is 0 Å². The van der Waals surface area contributed by atoms with Crippen LogP contribution in [0, 0.1) is 5.92 Å². The molecule has 1 heterocycles. The van der Waals surface area contributed by atoms with Crippen molar-refractivity contribution in [1.29, 1.82) is 0 Å². The zero-order valence-electron chi connectivity index (χ0n) is 9.85. The van der Waals surface area contributed by atoms with E-state index in [0.29, 0.717) is 25.6 Å². The molecular weight excluding hydrogens is 210 g/mol. The summed E-state index contributed by atoms with van der Waals surface area (Å²) >= 11 is 0. The van der Waals surface area contributed by atoms with Crippen molar-refractivity contribution in [3.05, 3.63) is 0 Å². The molecule has 0 atom stereocenters. The van der Waals surface area contributed by atoms with Crippen LogP contribution in [0.25, 0.3) is 0 Å². The lowest BCUT2D eigenvalue weighted by Crippen LogP contribution is -2.47. The highest BCUT2D eigenvalue weighted by atomic mass is 16.5. The molecule has 0 aliphatic carbocycles. The molecule has 1 N–H and O–H groups in total. The highest BCUT2D eigenvalue weighted by Crippen LogP contribution is 2.18. The van der Waals surface area contributed by atoms with Gasteiger partial charge < -0.3 is 19.5 Å². The van der Waals surface area contributed by atoms with E-state index in [4.69, 9.17) is 14.6 Å². The number of ether oxygens (including phenoxy) is 2. The highest BCUT2D eigenvalue weighted by molar-refractivity contribution is 5.67. The standard InChI is InChI=1S/C11H21NO4/c1-15-5-6-16-4-2-3-12-8-10(9-12)7-11(13)14/h10H,2-9H2,1H3,(H,13,14). The van der Waals surface area contributed by atoms with Crippen molar-refractivity contribution >= 4 is 5.97 Å². The van der Waals surface area contributed by atoms with E-state index in [9.17, 15) is 4.79 Å². The van der Waals surface area contributed by atoms with Crippen molar-refractivity contribution < 1.29 is 19.4 Å². The summed E-state index contributed by atoms with van der Waals surface area (Å²) in [5.74, 6) is -0.334. The van der Waals surface area contributed by atoms with E-state index in [1.807, 2.05) is 0 Å². The summed E-state index contributed by atoms with van der Waals surface area (Å²) in [6.07, 6.45) is 1.31. The summed E-state index contributed by atoms with van der Waals surface area (Å²) in [7, 11) is 1.66. The largest absolute Gasteiger partial charge is 0.481 e. The van der Waals surface area contributed by atoms with E-state index < -0.39 is 5.97 Å². The SMILES string of the molecule is COCCOCCCN1CC(CC(=O)O)C1. The van der Waals surface area contributed by atoms with Crippen molar-refractivity contribution in [2.24, 2.45) is 5.92 Å². The van der Waals surface area contributed by atoms with Crippen LogP contribution < -0.4 is 0 Å². The van der Waals surface area contributed by atoms with Gasteiger partial charge in [-0.1, -0.05) is 0 Å². The van der Waals surface area contributed by atoms with E-state index in [2.05, 4.69) is 4.90 Å². The fourth-order valence-electron chi connectivity index (χ4n) is 1.87. The van der Waals surface area contributed by atoms with Crippen LogP contribution >= 0.6 is 0 Å². The Kier molecular flexibility index (Phi) is 6.37. The molecule has 0 aromatic heterocycles. The second kappa shape index (κ2) is 7.60. The molecule has 94 valence electrons. The van der Waals surface area contributed by atoms with Crippen LogP contribution in [0.1, 0.15) is 12.8 Å². The molecule has 0 aromatic rings. The lowest BCUT2D eigenvalue weighted by molar-refractivity contribution is -0.139. The Balaban J connectivity index is 1.84. The molecule has 1 aliphatic rings. The molecule has 1 rings (SSSR count). The quantitative estimate of drug-likeness (QED) is 0.584. The lowest BCUT2D eigenvalue weighted by atomic mass is 9.96. The Morgan fingerprint density at radius 2 is 2.12 bits per heavy atom. The first-order chi connectivity index (χ1) is 7.72. The summed E-state index contributed by atoms with van der Waals surface area (Å²) < 4.78 is 10.2. The second-order valence-electron chi connectivity index (χ2n) is 4.18. The molecule has 5 heteroatoms. The minimum absolute atomic E-state index is 0.306. The molecule has 1 aliphatic heterocycles. The molecule has 1 fully saturated rings. The van der Waals surface area contributed by atoms with Crippen LogP contribution in [-0.4, -0.2) is 62.5 Å². The number of hydrogen-bond donors (Lipinski definition) is 1. The van der Waals surface area contributed by atoms with E-state index in [-0.39, 0.29) is 0 Å². The number of nitrogens with zero attached hydrogens (tertiary/aromatic N) is 1. The Bertz CT molecular complexity index is 204. The number of carbonyl (C=O) groups is 1. The molecule has 1 saturated heterocycles. The predicted octanol–water partition coefficient (Wildman–Crippen LogP) is 0.446. The van der Waals surface area contributed by atoms with Gasteiger partial charge in [0, 0.05) is 33.4 Å². The highest BCUT2D eigenvalue weighted by Gasteiger charge is 2.27. The van der Waals surface area contributed by atoms with Gasteiger partial charge in [-0.15, -0.1) is 0 Å². The average molecular weight is 231 g/mol. The minimum Gasteiger partial charge on any atom is -0.481 e. The van der Waals surface area contributed by atoms with Crippen molar-refractivity contribution in [1.82, 2.24) is 4.90 Å². The zero-order valence-corrected chi connectivity index (χ0v) is 9.85. The molecule has 0 bridgehead atoms. The topological polar surface area (TPSA) is 59.0 Å². The van der Waals surface area contributed by atoms with Crippen LogP contribution in [0.3, 0.4) is 0 Å². The number of likely N-dealkylation sites (tertiary alicyclic amines) is 1. The van der Waals surface area contributed by atoms with Gasteiger partial charge in [-0.2, -0.15) is 0 Å².